The average molecular weight is 564 g/mol. The van der Waals surface area contributed by atoms with Gasteiger partial charge < -0.3 is 25.7 Å². The Morgan fingerprint density at radius 2 is 1.80 bits per heavy atom. The fourth-order valence-corrected chi connectivity index (χ4v) is 7.63. The number of nitrogens with zero attached hydrogens (tertiary/aromatic N) is 2. The Balaban J connectivity index is 1.26. The van der Waals surface area contributed by atoms with Crippen LogP contribution in [0.5, 0.6) is 0 Å². The van der Waals surface area contributed by atoms with Gasteiger partial charge in [0.05, 0.1) is 6.04 Å². The lowest BCUT2D eigenvalue weighted by Crippen LogP contribution is -2.58. The molecule has 0 spiro atoms. The number of ketones is 1. The number of nitrogens with two attached hydrogens (primary N) is 1. The molecule has 0 bridgehead atoms. The van der Waals surface area contributed by atoms with E-state index in [2.05, 4.69) is 29.5 Å². The zero-order valence-corrected chi connectivity index (χ0v) is 23.9. The van der Waals surface area contributed by atoms with Gasteiger partial charge in [-0.3, -0.25) is 19.2 Å². The molecule has 4 fully saturated rings. The molecule has 3 amide bonds. The number of amides is 3. The standard InChI is InChI=1S/C31H41N5O5/c1-31(2)19-16-36(25(23(19)31)28(39)33-21(26(37)27(32)38)15-17-9-8-10-17)29(40)24(18-11-4-3-5-12-18)35-30-34-20-13-6-7-14-22(20)41-30/h6-7,13-14,17-19,21,23-25H,3-5,8-12,15-16H2,1-2H3,(H2,32,38)(H,33,39)(H,34,35)/t19-,21?,23?,24-,25?/m0/s1. The summed E-state index contributed by atoms with van der Waals surface area (Å²) in [4.78, 5) is 59.1. The van der Waals surface area contributed by atoms with E-state index >= 15 is 0 Å². The number of piperidine rings is 1. The summed E-state index contributed by atoms with van der Waals surface area (Å²) in [6.07, 6.45) is 8.46. The molecule has 4 aliphatic rings. The number of Topliss-reactive ketones (excluding diaryl/α,β-unsaturated/α-hetero) is 1. The van der Waals surface area contributed by atoms with E-state index in [9.17, 15) is 19.2 Å². The van der Waals surface area contributed by atoms with Gasteiger partial charge in [-0.25, -0.2) is 0 Å². The summed E-state index contributed by atoms with van der Waals surface area (Å²) in [7, 11) is 0. The molecule has 1 aliphatic heterocycles. The Hall–Kier alpha value is -3.43. The molecule has 1 saturated heterocycles. The minimum Gasteiger partial charge on any atom is -0.424 e. The second-order valence-corrected chi connectivity index (χ2v) is 13.2. The molecule has 3 saturated carbocycles. The molecule has 41 heavy (non-hydrogen) atoms. The van der Waals surface area contributed by atoms with Gasteiger partial charge in [-0.05, 0) is 60.5 Å². The van der Waals surface area contributed by atoms with Crippen LogP contribution in [0.2, 0.25) is 0 Å². The van der Waals surface area contributed by atoms with Crippen LogP contribution in [-0.4, -0.2) is 58.1 Å². The molecule has 1 aromatic carbocycles. The van der Waals surface area contributed by atoms with Crippen molar-refractivity contribution >= 4 is 40.6 Å². The highest BCUT2D eigenvalue weighted by Crippen LogP contribution is 2.65. The van der Waals surface area contributed by atoms with Gasteiger partial charge in [-0.2, -0.15) is 4.98 Å². The second kappa shape index (κ2) is 10.8. The van der Waals surface area contributed by atoms with Crippen molar-refractivity contribution in [2.24, 2.45) is 34.8 Å². The van der Waals surface area contributed by atoms with Gasteiger partial charge in [0.1, 0.15) is 17.6 Å². The lowest BCUT2D eigenvalue weighted by molar-refractivity contribution is -0.144. The average Bonchev–Trinajstić information content (AvgIpc) is 3.29. The number of benzene rings is 1. The van der Waals surface area contributed by atoms with E-state index < -0.39 is 29.8 Å². The van der Waals surface area contributed by atoms with E-state index in [0.717, 1.165) is 51.4 Å². The van der Waals surface area contributed by atoms with Crippen LogP contribution in [0, 0.1) is 29.1 Å². The third-order valence-corrected chi connectivity index (χ3v) is 10.4. The summed E-state index contributed by atoms with van der Waals surface area (Å²) in [6, 6.07) is 5.51. The molecule has 220 valence electrons. The molecule has 3 unspecified atom stereocenters. The summed E-state index contributed by atoms with van der Waals surface area (Å²) in [5, 5.41) is 6.19. The number of fused-ring (bicyclic) bond motifs is 2. The predicted octanol–water partition coefficient (Wildman–Crippen LogP) is 3.40. The highest BCUT2D eigenvalue weighted by atomic mass is 16.4. The van der Waals surface area contributed by atoms with Crippen molar-refractivity contribution in [3.8, 4) is 0 Å². The number of carbonyl (C=O) groups excluding carboxylic acids is 4. The molecular weight excluding hydrogens is 522 g/mol. The molecule has 10 nitrogen and oxygen atoms in total. The first kappa shape index (κ1) is 27.7. The van der Waals surface area contributed by atoms with Crippen molar-refractivity contribution in [1.29, 1.82) is 0 Å². The van der Waals surface area contributed by atoms with Crippen LogP contribution in [-0.2, 0) is 19.2 Å². The monoisotopic (exact) mass is 563 g/mol. The van der Waals surface area contributed by atoms with Gasteiger partial charge in [0.25, 0.3) is 11.9 Å². The van der Waals surface area contributed by atoms with E-state index in [1.807, 2.05) is 24.3 Å². The van der Waals surface area contributed by atoms with Crippen LogP contribution < -0.4 is 16.4 Å². The molecule has 4 N–H and O–H groups in total. The van der Waals surface area contributed by atoms with Gasteiger partial charge in [0, 0.05) is 6.54 Å². The number of para-hydroxylation sites is 2. The molecular formula is C31H41N5O5. The number of oxazole rings is 1. The molecule has 3 aliphatic carbocycles. The van der Waals surface area contributed by atoms with Crippen LogP contribution in [0.1, 0.15) is 71.6 Å². The SMILES string of the molecule is CC1(C)C2C(C(=O)NC(CC3CCC3)C(=O)C(N)=O)N(C(=O)[C@@H](Nc3nc4ccccc4o3)C3CCCCC3)C[C@@H]21. The zero-order valence-electron chi connectivity index (χ0n) is 23.9. The molecule has 0 radical (unpaired) electrons. The van der Waals surface area contributed by atoms with Crippen molar-refractivity contribution < 1.29 is 23.6 Å². The van der Waals surface area contributed by atoms with Gasteiger partial charge in [-0.15, -0.1) is 0 Å². The minimum atomic E-state index is -1.04. The highest BCUT2D eigenvalue weighted by molar-refractivity contribution is 6.37. The maximum atomic E-state index is 14.4. The predicted molar refractivity (Wildman–Crippen MR) is 152 cm³/mol. The van der Waals surface area contributed by atoms with E-state index in [-0.39, 0.29) is 40.9 Å². The van der Waals surface area contributed by atoms with Crippen molar-refractivity contribution in [1.82, 2.24) is 15.2 Å². The smallest absolute Gasteiger partial charge is 0.296 e. The quantitative estimate of drug-likeness (QED) is 0.375. The van der Waals surface area contributed by atoms with E-state index in [1.54, 1.807) is 4.90 Å². The number of carbonyl (C=O) groups is 4. The number of anilines is 1. The first-order valence-corrected chi connectivity index (χ1v) is 15.2. The molecule has 10 heteroatoms. The number of nitrogens with one attached hydrogen (secondary N) is 2. The van der Waals surface area contributed by atoms with Gasteiger partial charge in [0.15, 0.2) is 5.58 Å². The van der Waals surface area contributed by atoms with Crippen molar-refractivity contribution in [3.63, 3.8) is 0 Å². The fraction of sp³-hybridized carbons (Fsp3) is 0.645. The third kappa shape index (κ3) is 5.21. The lowest BCUT2D eigenvalue weighted by Gasteiger charge is -2.37. The Morgan fingerprint density at radius 1 is 1.07 bits per heavy atom. The fourth-order valence-electron chi connectivity index (χ4n) is 7.63. The number of hydrogen-bond donors (Lipinski definition) is 3. The maximum absolute atomic E-state index is 14.4. The van der Waals surface area contributed by atoms with Crippen molar-refractivity contribution in [2.45, 2.75) is 89.8 Å². The van der Waals surface area contributed by atoms with Crippen molar-refractivity contribution in [3.05, 3.63) is 24.3 Å². The second-order valence-electron chi connectivity index (χ2n) is 13.2. The summed E-state index contributed by atoms with van der Waals surface area (Å²) in [6.45, 7) is 4.73. The Labute approximate surface area is 240 Å². The first-order valence-electron chi connectivity index (χ1n) is 15.2. The number of rotatable bonds is 10. The highest BCUT2D eigenvalue weighted by Gasteiger charge is 2.69. The van der Waals surface area contributed by atoms with E-state index in [1.165, 1.54) is 0 Å². The molecule has 1 aromatic heterocycles. The van der Waals surface area contributed by atoms with Crippen LogP contribution in [0.25, 0.3) is 11.1 Å². The van der Waals surface area contributed by atoms with Gasteiger partial charge >= 0.3 is 0 Å². The molecule has 6 rings (SSSR count). The van der Waals surface area contributed by atoms with E-state index in [0.29, 0.717) is 30.1 Å². The van der Waals surface area contributed by atoms with Crippen LogP contribution in [0.3, 0.4) is 0 Å². The number of hydrogen-bond acceptors (Lipinski definition) is 7. The number of aromatic nitrogens is 1. The Morgan fingerprint density at radius 3 is 2.46 bits per heavy atom. The van der Waals surface area contributed by atoms with Crippen LogP contribution in [0.15, 0.2) is 28.7 Å². The number of primary amides is 1. The topological polar surface area (TPSA) is 148 Å². The lowest BCUT2D eigenvalue weighted by atomic mass is 9.80. The Kier molecular flexibility index (Phi) is 7.28. The molecule has 2 aromatic rings. The first-order chi connectivity index (χ1) is 19.6. The van der Waals surface area contributed by atoms with Crippen molar-refractivity contribution in [2.75, 3.05) is 11.9 Å². The molecule has 5 atom stereocenters. The summed E-state index contributed by atoms with van der Waals surface area (Å²) in [5.41, 5.74) is 6.61. The zero-order chi connectivity index (χ0) is 28.9. The van der Waals surface area contributed by atoms with Gasteiger partial charge in [0.2, 0.25) is 17.6 Å². The van der Waals surface area contributed by atoms with Crippen LogP contribution >= 0.6 is 0 Å². The molecule has 2 heterocycles. The maximum Gasteiger partial charge on any atom is 0.296 e. The van der Waals surface area contributed by atoms with E-state index in [4.69, 9.17) is 10.2 Å². The summed E-state index contributed by atoms with van der Waals surface area (Å²) < 4.78 is 5.94. The third-order valence-electron chi connectivity index (χ3n) is 10.4. The van der Waals surface area contributed by atoms with Gasteiger partial charge in [-0.1, -0.05) is 64.5 Å². The largest absolute Gasteiger partial charge is 0.424 e. The normalized spacial score (nSPS) is 27.0. The Bertz CT molecular complexity index is 1310. The summed E-state index contributed by atoms with van der Waals surface area (Å²) in [5.74, 6) is -1.79. The minimum absolute atomic E-state index is 0.0178. The number of likely N-dealkylation sites (tertiary alicyclic amines) is 1. The summed E-state index contributed by atoms with van der Waals surface area (Å²) >= 11 is 0. The van der Waals surface area contributed by atoms with Crippen LogP contribution in [0.4, 0.5) is 6.01 Å².